The van der Waals surface area contributed by atoms with Gasteiger partial charge in [-0.05, 0) is 72.6 Å². The number of hydrogen-bond donors (Lipinski definition) is 0. The Bertz CT molecular complexity index is 1140. The molecule has 0 unspecified atom stereocenters. The van der Waals surface area contributed by atoms with Crippen LogP contribution < -0.4 is 4.90 Å². The molecule has 0 radical (unpaired) electrons. The smallest absolute Gasteiger partial charge is 0.191 e. The first kappa shape index (κ1) is 19.0. The van der Waals surface area contributed by atoms with Crippen molar-refractivity contribution in [1.29, 1.82) is 0 Å². The quantitative estimate of drug-likeness (QED) is 0.346. The van der Waals surface area contributed by atoms with E-state index in [0.717, 1.165) is 56.5 Å². The molecule has 0 bridgehead atoms. The van der Waals surface area contributed by atoms with Crippen molar-refractivity contribution in [3.8, 4) is 11.3 Å². The Morgan fingerprint density at radius 3 is 2.57 bits per heavy atom. The van der Waals surface area contributed by atoms with E-state index in [9.17, 15) is 4.39 Å². The van der Waals surface area contributed by atoms with Gasteiger partial charge in [0.1, 0.15) is 21.5 Å². The van der Waals surface area contributed by atoms with Crippen molar-refractivity contribution < 1.29 is 4.39 Å². The van der Waals surface area contributed by atoms with Crippen LogP contribution >= 0.6 is 27.3 Å². The summed E-state index contributed by atoms with van der Waals surface area (Å²) in [5.74, 6) is 0.684. The number of hydrogen-bond acceptors (Lipinski definition) is 5. The molecule has 0 saturated heterocycles. The van der Waals surface area contributed by atoms with E-state index in [-0.39, 0.29) is 5.82 Å². The molecule has 4 aromatic rings. The minimum absolute atomic E-state index is 0.250. The number of halogens is 2. The lowest BCUT2D eigenvalue weighted by Crippen LogP contribution is -2.20. The fourth-order valence-electron chi connectivity index (χ4n) is 3.20. The Morgan fingerprint density at radius 2 is 1.89 bits per heavy atom. The van der Waals surface area contributed by atoms with Crippen molar-refractivity contribution in [1.82, 2.24) is 19.7 Å². The summed E-state index contributed by atoms with van der Waals surface area (Å²) in [6.45, 7) is 7.65. The van der Waals surface area contributed by atoms with Gasteiger partial charge in [0, 0.05) is 24.0 Å². The van der Waals surface area contributed by atoms with Gasteiger partial charge in [-0.1, -0.05) is 0 Å². The van der Waals surface area contributed by atoms with Crippen LogP contribution in [-0.4, -0.2) is 26.3 Å². The molecule has 0 atom stereocenters. The maximum atomic E-state index is 13.2. The Labute approximate surface area is 175 Å². The number of rotatable bonds is 5. The maximum Gasteiger partial charge on any atom is 0.191 e. The van der Waals surface area contributed by atoms with Crippen molar-refractivity contribution in [2.24, 2.45) is 0 Å². The minimum atomic E-state index is -0.250. The molecular weight excluding hydrogens is 441 g/mol. The molecule has 0 fully saturated rings. The monoisotopic (exact) mass is 459 g/mol. The molecule has 3 aromatic heterocycles. The normalized spacial score (nSPS) is 11.3. The zero-order valence-corrected chi connectivity index (χ0v) is 18.2. The zero-order valence-electron chi connectivity index (χ0n) is 15.8. The number of nitrogens with zero attached hydrogens (tertiary/aromatic N) is 5. The van der Waals surface area contributed by atoms with E-state index < -0.39 is 0 Å². The predicted octanol–water partition coefficient (Wildman–Crippen LogP) is 5.94. The van der Waals surface area contributed by atoms with Gasteiger partial charge in [-0.2, -0.15) is 5.10 Å². The second-order valence-corrected chi connectivity index (χ2v) is 8.01. The fraction of sp³-hybridized carbons (Fsp3) is 0.250. The number of fused-ring (bicyclic) bond motifs is 1. The van der Waals surface area contributed by atoms with Gasteiger partial charge in [-0.3, -0.25) is 0 Å². The van der Waals surface area contributed by atoms with E-state index in [4.69, 9.17) is 15.1 Å². The fourth-order valence-corrected chi connectivity index (χ4v) is 4.62. The van der Waals surface area contributed by atoms with E-state index in [2.05, 4.69) is 34.7 Å². The van der Waals surface area contributed by atoms with Gasteiger partial charge < -0.3 is 4.90 Å². The molecule has 28 heavy (non-hydrogen) atoms. The highest BCUT2D eigenvalue weighted by Gasteiger charge is 2.22. The van der Waals surface area contributed by atoms with Crippen LogP contribution in [0.25, 0.3) is 22.3 Å². The lowest BCUT2D eigenvalue weighted by molar-refractivity contribution is 0.628. The second kappa shape index (κ2) is 7.60. The molecule has 0 aliphatic carbocycles. The van der Waals surface area contributed by atoms with Crippen molar-refractivity contribution in [2.45, 2.75) is 27.3 Å². The second-order valence-electron chi connectivity index (χ2n) is 6.36. The average molecular weight is 460 g/mol. The third-order valence-electron chi connectivity index (χ3n) is 4.56. The number of pyridine rings is 1. The van der Waals surface area contributed by atoms with Crippen LogP contribution in [0.2, 0.25) is 0 Å². The van der Waals surface area contributed by atoms with E-state index in [1.54, 1.807) is 23.5 Å². The Balaban J connectivity index is 1.83. The summed E-state index contributed by atoms with van der Waals surface area (Å²) in [6.07, 6.45) is 0. The maximum absolute atomic E-state index is 13.2. The van der Waals surface area contributed by atoms with E-state index in [1.807, 2.05) is 23.1 Å². The molecule has 0 saturated carbocycles. The van der Waals surface area contributed by atoms with Crippen molar-refractivity contribution in [2.75, 3.05) is 11.4 Å². The van der Waals surface area contributed by atoms with Crippen LogP contribution in [0.4, 0.5) is 15.3 Å². The molecule has 0 aliphatic rings. The summed E-state index contributed by atoms with van der Waals surface area (Å²) >= 11 is 5.06. The van der Waals surface area contributed by atoms with Gasteiger partial charge in [-0.25, -0.2) is 19.0 Å². The van der Waals surface area contributed by atoms with Crippen LogP contribution in [0.5, 0.6) is 0 Å². The van der Waals surface area contributed by atoms with E-state index in [1.165, 1.54) is 12.1 Å². The molecular formula is C20H19BrFN5S. The zero-order chi connectivity index (χ0) is 19.8. The summed E-state index contributed by atoms with van der Waals surface area (Å²) < 4.78 is 16.0. The molecule has 4 rings (SSSR count). The standard InChI is InChI=1S/C20H19BrFN5S/c1-4-26(20-23-15(11-28-20)13-6-8-14(22)9-7-13)19-18-17(25-27(19)5-2)12(3)10-16(21)24-18/h6-11H,4-5H2,1-3H3. The lowest BCUT2D eigenvalue weighted by atomic mass is 10.2. The van der Waals surface area contributed by atoms with Crippen LogP contribution in [0.3, 0.4) is 0 Å². The van der Waals surface area contributed by atoms with Crippen molar-refractivity contribution in [3.63, 3.8) is 0 Å². The summed E-state index contributed by atoms with van der Waals surface area (Å²) in [4.78, 5) is 11.6. The number of thiazole rings is 1. The van der Waals surface area contributed by atoms with Gasteiger partial charge in [0.25, 0.3) is 0 Å². The topological polar surface area (TPSA) is 46.8 Å². The molecule has 8 heteroatoms. The molecule has 0 aliphatic heterocycles. The largest absolute Gasteiger partial charge is 0.301 e. The third kappa shape index (κ3) is 3.31. The lowest BCUT2D eigenvalue weighted by Gasteiger charge is -2.20. The highest BCUT2D eigenvalue weighted by Crippen LogP contribution is 2.36. The highest BCUT2D eigenvalue weighted by atomic mass is 79.9. The Kier molecular flexibility index (Phi) is 5.16. The summed E-state index contributed by atoms with van der Waals surface area (Å²) in [7, 11) is 0. The number of anilines is 2. The third-order valence-corrected chi connectivity index (χ3v) is 5.83. The first-order valence-electron chi connectivity index (χ1n) is 9.04. The molecule has 0 spiro atoms. The van der Waals surface area contributed by atoms with Gasteiger partial charge in [0.15, 0.2) is 10.9 Å². The number of aryl methyl sites for hydroxylation is 2. The molecule has 144 valence electrons. The van der Waals surface area contributed by atoms with Gasteiger partial charge in [-0.15, -0.1) is 11.3 Å². The van der Waals surface area contributed by atoms with Crippen LogP contribution in [-0.2, 0) is 6.54 Å². The Morgan fingerprint density at radius 1 is 1.14 bits per heavy atom. The first-order valence-corrected chi connectivity index (χ1v) is 10.7. The van der Waals surface area contributed by atoms with Gasteiger partial charge >= 0.3 is 0 Å². The molecule has 3 heterocycles. The molecule has 0 amide bonds. The molecule has 1 aromatic carbocycles. The first-order chi connectivity index (χ1) is 13.5. The van der Waals surface area contributed by atoms with E-state index >= 15 is 0 Å². The van der Waals surface area contributed by atoms with Gasteiger partial charge in [0.2, 0.25) is 0 Å². The summed E-state index contributed by atoms with van der Waals surface area (Å²) in [5.41, 5.74) is 4.55. The number of benzene rings is 1. The van der Waals surface area contributed by atoms with Crippen LogP contribution in [0, 0.1) is 12.7 Å². The number of aromatic nitrogens is 4. The average Bonchev–Trinajstić information content (AvgIpc) is 3.29. The Hall–Kier alpha value is -2.32. The van der Waals surface area contributed by atoms with E-state index in [0.29, 0.717) is 0 Å². The molecule has 5 nitrogen and oxygen atoms in total. The van der Waals surface area contributed by atoms with Crippen molar-refractivity contribution in [3.05, 3.63) is 51.7 Å². The predicted molar refractivity (Wildman–Crippen MR) is 116 cm³/mol. The van der Waals surface area contributed by atoms with Crippen molar-refractivity contribution >= 4 is 49.2 Å². The van der Waals surface area contributed by atoms with Crippen LogP contribution in [0.15, 0.2) is 40.3 Å². The summed E-state index contributed by atoms with van der Waals surface area (Å²) in [6, 6.07) is 8.38. The minimum Gasteiger partial charge on any atom is -0.301 e. The molecule has 0 N–H and O–H groups in total. The summed E-state index contributed by atoms with van der Waals surface area (Å²) in [5, 5.41) is 7.62. The highest BCUT2D eigenvalue weighted by molar-refractivity contribution is 9.10. The SMILES string of the molecule is CCN(c1nc(-c2ccc(F)cc2)cs1)c1c2nc(Br)cc(C)c2nn1CC. The van der Waals surface area contributed by atoms with Gasteiger partial charge in [0.05, 0.1) is 5.69 Å². The van der Waals surface area contributed by atoms with Crippen LogP contribution in [0.1, 0.15) is 19.4 Å².